The van der Waals surface area contributed by atoms with E-state index in [9.17, 15) is 0 Å². The van der Waals surface area contributed by atoms with Crippen molar-refractivity contribution in [3.05, 3.63) is 18.3 Å². The zero-order valence-electron chi connectivity index (χ0n) is 12.1. The van der Waals surface area contributed by atoms with Gasteiger partial charge in [-0.3, -0.25) is 0 Å². The summed E-state index contributed by atoms with van der Waals surface area (Å²) in [4.78, 5) is 2.27. The summed E-state index contributed by atoms with van der Waals surface area (Å²) in [6, 6.07) is 8.63. The highest BCUT2D eigenvalue weighted by Gasteiger charge is 2.25. The van der Waals surface area contributed by atoms with Crippen LogP contribution in [-0.2, 0) is 0 Å². The average molecular weight is 284 g/mol. The van der Waals surface area contributed by atoms with Gasteiger partial charge in [0, 0.05) is 38.3 Å². The van der Waals surface area contributed by atoms with Gasteiger partial charge in [-0.25, -0.2) is 0 Å². The van der Waals surface area contributed by atoms with E-state index in [1.54, 1.807) is 6.20 Å². The van der Waals surface area contributed by atoms with Crippen LogP contribution in [-0.4, -0.2) is 35.9 Å². The van der Waals surface area contributed by atoms with Crippen molar-refractivity contribution in [2.75, 3.05) is 24.5 Å². The van der Waals surface area contributed by atoms with Crippen molar-refractivity contribution in [1.82, 2.24) is 15.5 Å². The molecule has 21 heavy (non-hydrogen) atoms. The number of nitrogens with zero attached hydrogens (tertiary/aromatic N) is 5. The van der Waals surface area contributed by atoms with Crippen molar-refractivity contribution in [3.8, 4) is 12.1 Å². The van der Waals surface area contributed by atoms with Crippen molar-refractivity contribution >= 4 is 5.82 Å². The van der Waals surface area contributed by atoms with Crippen LogP contribution in [0.4, 0.5) is 5.82 Å². The highest BCUT2D eigenvalue weighted by Crippen LogP contribution is 2.22. The minimum atomic E-state index is -0.0870. The van der Waals surface area contributed by atoms with Gasteiger partial charge >= 0.3 is 0 Å². The lowest BCUT2D eigenvalue weighted by atomic mass is 10.1. The molecule has 110 valence electrons. The number of anilines is 1. The van der Waals surface area contributed by atoms with Crippen LogP contribution >= 0.6 is 0 Å². The molecule has 2 unspecified atom stereocenters. The molecule has 1 aromatic heterocycles. The van der Waals surface area contributed by atoms with Crippen LogP contribution in [0.15, 0.2) is 18.3 Å². The smallest absolute Gasteiger partial charge is 0.151 e. The van der Waals surface area contributed by atoms with Crippen molar-refractivity contribution < 1.29 is 0 Å². The molecule has 1 fully saturated rings. The minimum Gasteiger partial charge on any atom is -0.351 e. The van der Waals surface area contributed by atoms with E-state index in [0.717, 1.165) is 31.7 Å². The van der Waals surface area contributed by atoms with Crippen LogP contribution in [0, 0.1) is 28.6 Å². The van der Waals surface area contributed by atoms with Crippen LogP contribution in [0.25, 0.3) is 0 Å². The summed E-state index contributed by atoms with van der Waals surface area (Å²) >= 11 is 0. The Morgan fingerprint density at radius 3 is 3.10 bits per heavy atom. The zero-order valence-corrected chi connectivity index (χ0v) is 12.1. The zero-order chi connectivity index (χ0) is 14.9. The maximum Gasteiger partial charge on any atom is 0.151 e. The summed E-state index contributed by atoms with van der Waals surface area (Å²) in [5, 5.41) is 29.1. The van der Waals surface area contributed by atoms with E-state index in [-0.39, 0.29) is 5.92 Å². The van der Waals surface area contributed by atoms with E-state index < -0.39 is 0 Å². The van der Waals surface area contributed by atoms with Gasteiger partial charge in [0.05, 0.1) is 18.1 Å². The lowest BCUT2D eigenvalue weighted by molar-refractivity contribution is 0.504. The molecule has 0 saturated carbocycles. The largest absolute Gasteiger partial charge is 0.351 e. The normalized spacial score (nSPS) is 19.0. The number of hydrogen-bond donors (Lipinski definition) is 1. The molecule has 2 rings (SSSR count). The maximum atomic E-state index is 9.05. The van der Waals surface area contributed by atoms with Gasteiger partial charge < -0.3 is 10.2 Å². The van der Waals surface area contributed by atoms with Gasteiger partial charge in [0.15, 0.2) is 5.82 Å². The van der Waals surface area contributed by atoms with Crippen LogP contribution in [0.3, 0.4) is 0 Å². The number of nitrogens with one attached hydrogen (secondary N) is 1. The molecule has 1 aliphatic rings. The quantitative estimate of drug-likeness (QED) is 0.815. The Labute approximate surface area is 125 Å². The van der Waals surface area contributed by atoms with E-state index in [1.165, 1.54) is 0 Å². The summed E-state index contributed by atoms with van der Waals surface area (Å²) in [6.45, 7) is 2.48. The first-order valence-corrected chi connectivity index (χ1v) is 7.36. The third-order valence-corrected chi connectivity index (χ3v) is 3.79. The summed E-state index contributed by atoms with van der Waals surface area (Å²) < 4.78 is 0. The highest BCUT2D eigenvalue weighted by atomic mass is 15.3. The first kappa shape index (κ1) is 15.2. The van der Waals surface area contributed by atoms with Gasteiger partial charge in [-0.05, 0) is 31.4 Å². The Kier molecular flexibility index (Phi) is 5.93. The molecule has 0 radical (unpaired) electrons. The van der Waals surface area contributed by atoms with Crippen molar-refractivity contribution in [2.24, 2.45) is 5.92 Å². The van der Waals surface area contributed by atoms with Gasteiger partial charge in [0.25, 0.3) is 0 Å². The van der Waals surface area contributed by atoms with E-state index in [4.69, 9.17) is 10.5 Å². The van der Waals surface area contributed by atoms with Crippen molar-refractivity contribution in [2.45, 2.75) is 31.7 Å². The van der Waals surface area contributed by atoms with Gasteiger partial charge in [-0.1, -0.05) is 0 Å². The lowest BCUT2D eigenvalue weighted by Gasteiger charge is -2.25. The standard InChI is InChI=1S/C15H20N6/c16-7-1-4-13(10-17)11-18-12-14-5-3-9-21(14)15-6-2-8-19-20-15/h2,6,8,13-14,18H,1,3-5,9,11-12H2. The van der Waals surface area contributed by atoms with Crippen molar-refractivity contribution in [3.63, 3.8) is 0 Å². The maximum absolute atomic E-state index is 9.05. The molecule has 1 aromatic rings. The van der Waals surface area contributed by atoms with Gasteiger partial charge in [-0.2, -0.15) is 15.6 Å². The second kappa shape index (κ2) is 8.18. The minimum absolute atomic E-state index is 0.0870. The predicted octanol–water partition coefficient (Wildman–Crippen LogP) is 1.48. The van der Waals surface area contributed by atoms with Crippen molar-refractivity contribution in [1.29, 1.82) is 10.5 Å². The molecule has 0 aliphatic carbocycles. The Hall–Kier alpha value is -2.18. The summed E-state index contributed by atoms with van der Waals surface area (Å²) in [6.07, 6.45) is 5.03. The number of rotatable bonds is 7. The first-order valence-electron chi connectivity index (χ1n) is 7.36. The number of hydrogen-bond acceptors (Lipinski definition) is 6. The van der Waals surface area contributed by atoms with Crippen LogP contribution in [0.1, 0.15) is 25.7 Å². The van der Waals surface area contributed by atoms with Gasteiger partial charge in [-0.15, -0.1) is 5.10 Å². The molecule has 1 saturated heterocycles. The van der Waals surface area contributed by atoms with Crippen LogP contribution < -0.4 is 10.2 Å². The Bertz CT molecular complexity index is 503. The SMILES string of the molecule is N#CCCC(C#N)CNCC1CCCN1c1cccnn1. The third-order valence-electron chi connectivity index (χ3n) is 3.79. The third kappa shape index (κ3) is 4.40. The van der Waals surface area contributed by atoms with E-state index >= 15 is 0 Å². The predicted molar refractivity (Wildman–Crippen MR) is 79.2 cm³/mol. The molecule has 0 aromatic carbocycles. The molecular weight excluding hydrogens is 264 g/mol. The fraction of sp³-hybridized carbons (Fsp3) is 0.600. The number of aromatic nitrogens is 2. The second-order valence-electron chi connectivity index (χ2n) is 5.25. The lowest BCUT2D eigenvalue weighted by Crippen LogP contribution is -2.39. The summed E-state index contributed by atoms with van der Waals surface area (Å²) in [7, 11) is 0. The van der Waals surface area contributed by atoms with Crippen LogP contribution in [0.2, 0.25) is 0 Å². The number of nitriles is 2. The molecule has 0 bridgehead atoms. The van der Waals surface area contributed by atoms with Gasteiger partial charge in [0.1, 0.15) is 0 Å². The molecule has 6 heteroatoms. The first-order chi connectivity index (χ1) is 10.3. The molecule has 0 amide bonds. The van der Waals surface area contributed by atoms with E-state index in [1.807, 2.05) is 12.1 Å². The summed E-state index contributed by atoms with van der Waals surface area (Å²) in [5.41, 5.74) is 0. The fourth-order valence-corrected chi connectivity index (χ4v) is 2.67. The molecule has 1 N–H and O–H groups in total. The molecule has 0 spiro atoms. The molecule has 1 aliphatic heterocycles. The van der Waals surface area contributed by atoms with Crippen LogP contribution in [0.5, 0.6) is 0 Å². The molecular formula is C15H20N6. The fourth-order valence-electron chi connectivity index (χ4n) is 2.67. The second-order valence-corrected chi connectivity index (χ2v) is 5.25. The van der Waals surface area contributed by atoms with E-state index in [0.29, 0.717) is 25.4 Å². The topological polar surface area (TPSA) is 88.6 Å². The molecule has 6 nitrogen and oxygen atoms in total. The average Bonchev–Trinajstić information content (AvgIpc) is 3.00. The Morgan fingerprint density at radius 1 is 1.48 bits per heavy atom. The highest BCUT2D eigenvalue weighted by molar-refractivity contribution is 5.39. The van der Waals surface area contributed by atoms with E-state index in [2.05, 4.69) is 32.6 Å². The monoisotopic (exact) mass is 284 g/mol. The van der Waals surface area contributed by atoms with Gasteiger partial charge in [0.2, 0.25) is 0 Å². The molecule has 2 heterocycles. The Morgan fingerprint density at radius 2 is 2.38 bits per heavy atom. The summed E-state index contributed by atoms with van der Waals surface area (Å²) in [5.74, 6) is 0.833. The Balaban J connectivity index is 1.80. The molecule has 2 atom stereocenters.